The van der Waals surface area contributed by atoms with Crippen molar-refractivity contribution in [2.75, 3.05) is 13.1 Å². The molecule has 0 saturated carbocycles. The van der Waals surface area contributed by atoms with Gasteiger partial charge in [0.05, 0.1) is 0 Å². The maximum atomic E-state index is 12.7. The first kappa shape index (κ1) is 15.8. The minimum Gasteiger partial charge on any atom is -0.475 e. The summed E-state index contributed by atoms with van der Waals surface area (Å²) in [6.45, 7) is 2.26. The predicted octanol–water partition coefficient (Wildman–Crippen LogP) is 2.46. The summed E-state index contributed by atoms with van der Waals surface area (Å²) >= 11 is 0. The molecule has 1 N–H and O–H groups in total. The maximum absolute atomic E-state index is 12.7. The summed E-state index contributed by atoms with van der Waals surface area (Å²) in [4.78, 5) is 10.9. The summed E-state index contributed by atoms with van der Waals surface area (Å²) in [7, 11) is -3.75. The summed E-state index contributed by atoms with van der Waals surface area (Å²) in [5.74, 6) is -1.39. The first-order valence-corrected chi connectivity index (χ1v) is 8.72. The Morgan fingerprint density at radius 3 is 2.61 bits per heavy atom. The Morgan fingerprint density at radius 2 is 2.00 bits per heavy atom. The number of carbonyl (C=O) groups is 1. The molecule has 6 nitrogen and oxygen atoms in total. The number of hydrogen-bond donors (Lipinski definition) is 1. The van der Waals surface area contributed by atoms with Gasteiger partial charge in [0.1, 0.15) is 10.7 Å². The van der Waals surface area contributed by atoms with Gasteiger partial charge >= 0.3 is 5.97 Å². The standard InChI is InChI=1S/C16H17NO5S/c1-11-15(9-14(22-11)16(18)19)23(20,21)17-8-7-13(10-17)12-5-3-2-4-6-12/h2-6,9,13H,7-8,10H2,1H3,(H,18,19). The molecule has 0 bridgehead atoms. The van der Waals surface area contributed by atoms with Crippen LogP contribution in [0.25, 0.3) is 0 Å². The Bertz CT molecular complexity index is 825. The van der Waals surface area contributed by atoms with Gasteiger partial charge in [0.2, 0.25) is 15.8 Å². The number of carboxylic acids is 1. The topological polar surface area (TPSA) is 87.8 Å². The first-order chi connectivity index (χ1) is 10.9. The second kappa shape index (κ2) is 5.82. The van der Waals surface area contributed by atoms with Gasteiger partial charge in [0.15, 0.2) is 0 Å². The van der Waals surface area contributed by atoms with Crippen LogP contribution in [0.5, 0.6) is 0 Å². The molecule has 1 atom stereocenters. The summed E-state index contributed by atoms with van der Waals surface area (Å²) in [6, 6.07) is 10.9. The quantitative estimate of drug-likeness (QED) is 0.927. The van der Waals surface area contributed by atoms with Crippen LogP contribution in [0, 0.1) is 6.92 Å². The molecule has 1 aromatic carbocycles. The molecule has 0 aliphatic carbocycles. The average Bonchev–Trinajstić information content (AvgIpc) is 3.15. The van der Waals surface area contributed by atoms with Crippen LogP contribution in [-0.2, 0) is 10.0 Å². The van der Waals surface area contributed by atoms with E-state index in [1.807, 2.05) is 30.3 Å². The zero-order chi connectivity index (χ0) is 16.6. The van der Waals surface area contributed by atoms with E-state index in [-0.39, 0.29) is 22.3 Å². The van der Waals surface area contributed by atoms with Gasteiger partial charge in [-0.05, 0) is 24.8 Å². The van der Waals surface area contributed by atoms with E-state index in [1.54, 1.807) is 0 Å². The fourth-order valence-electron chi connectivity index (χ4n) is 2.91. The lowest BCUT2D eigenvalue weighted by atomic mass is 9.99. The van der Waals surface area contributed by atoms with E-state index in [0.29, 0.717) is 13.1 Å². The number of furan rings is 1. The Labute approximate surface area is 134 Å². The van der Waals surface area contributed by atoms with E-state index in [4.69, 9.17) is 9.52 Å². The molecule has 0 spiro atoms. The minimum atomic E-state index is -3.75. The molecule has 1 aliphatic rings. The second-order valence-electron chi connectivity index (χ2n) is 5.60. The molecule has 0 radical (unpaired) electrons. The molecular weight excluding hydrogens is 318 g/mol. The van der Waals surface area contributed by atoms with Crippen LogP contribution in [0.2, 0.25) is 0 Å². The van der Waals surface area contributed by atoms with Gasteiger partial charge in [-0.25, -0.2) is 13.2 Å². The number of aryl methyl sites for hydroxylation is 1. The van der Waals surface area contributed by atoms with E-state index >= 15 is 0 Å². The highest BCUT2D eigenvalue weighted by molar-refractivity contribution is 7.89. The molecule has 2 aromatic rings. The van der Waals surface area contributed by atoms with E-state index in [1.165, 1.54) is 11.2 Å². The number of aromatic carboxylic acids is 1. The highest BCUT2D eigenvalue weighted by atomic mass is 32.2. The van der Waals surface area contributed by atoms with Gasteiger partial charge in [-0.2, -0.15) is 4.31 Å². The van der Waals surface area contributed by atoms with Crippen molar-refractivity contribution in [3.05, 3.63) is 53.5 Å². The van der Waals surface area contributed by atoms with Crippen molar-refractivity contribution in [2.24, 2.45) is 0 Å². The Balaban J connectivity index is 1.86. The van der Waals surface area contributed by atoms with Crippen LogP contribution < -0.4 is 0 Å². The number of rotatable bonds is 4. The average molecular weight is 335 g/mol. The Kier molecular flexibility index (Phi) is 3.99. The van der Waals surface area contributed by atoms with E-state index in [0.717, 1.165) is 18.1 Å². The number of benzene rings is 1. The van der Waals surface area contributed by atoms with Crippen molar-refractivity contribution in [3.8, 4) is 0 Å². The summed E-state index contributed by atoms with van der Waals surface area (Å²) < 4.78 is 31.9. The van der Waals surface area contributed by atoms with E-state index < -0.39 is 16.0 Å². The van der Waals surface area contributed by atoms with Crippen LogP contribution in [-0.4, -0.2) is 36.9 Å². The minimum absolute atomic E-state index is 0.0661. The van der Waals surface area contributed by atoms with Crippen molar-refractivity contribution >= 4 is 16.0 Å². The van der Waals surface area contributed by atoms with E-state index in [2.05, 4.69) is 0 Å². The lowest BCUT2D eigenvalue weighted by molar-refractivity contribution is 0.0661. The third-order valence-corrected chi connectivity index (χ3v) is 6.10. The van der Waals surface area contributed by atoms with Gasteiger partial charge in [0, 0.05) is 19.2 Å². The molecular formula is C16H17NO5S. The summed E-state index contributed by atoms with van der Waals surface area (Å²) in [6.07, 6.45) is 0.742. The zero-order valence-electron chi connectivity index (χ0n) is 12.6. The Morgan fingerprint density at radius 1 is 1.30 bits per heavy atom. The van der Waals surface area contributed by atoms with Crippen LogP contribution >= 0.6 is 0 Å². The van der Waals surface area contributed by atoms with Crippen molar-refractivity contribution in [2.45, 2.75) is 24.2 Å². The molecule has 23 heavy (non-hydrogen) atoms. The van der Waals surface area contributed by atoms with Crippen LogP contribution in [0.1, 0.15) is 34.2 Å². The zero-order valence-corrected chi connectivity index (χ0v) is 13.4. The highest BCUT2D eigenvalue weighted by Gasteiger charge is 2.35. The third-order valence-electron chi connectivity index (χ3n) is 4.12. The van der Waals surface area contributed by atoms with Gasteiger partial charge in [0.25, 0.3) is 0 Å². The molecule has 3 rings (SSSR count). The van der Waals surface area contributed by atoms with E-state index in [9.17, 15) is 13.2 Å². The smallest absolute Gasteiger partial charge is 0.371 e. The van der Waals surface area contributed by atoms with Gasteiger partial charge in [-0.15, -0.1) is 0 Å². The SMILES string of the molecule is Cc1oc(C(=O)O)cc1S(=O)(=O)N1CCC(c2ccccc2)C1. The molecule has 122 valence electrons. The molecule has 1 saturated heterocycles. The molecule has 7 heteroatoms. The summed E-state index contributed by atoms with van der Waals surface area (Å²) in [5, 5.41) is 8.94. The van der Waals surface area contributed by atoms with Crippen molar-refractivity contribution in [1.29, 1.82) is 0 Å². The molecule has 0 amide bonds. The van der Waals surface area contributed by atoms with Crippen molar-refractivity contribution in [3.63, 3.8) is 0 Å². The summed E-state index contributed by atoms with van der Waals surface area (Å²) in [5.41, 5.74) is 1.11. The fraction of sp³-hybridized carbons (Fsp3) is 0.312. The highest BCUT2D eigenvalue weighted by Crippen LogP contribution is 2.32. The van der Waals surface area contributed by atoms with Crippen molar-refractivity contribution in [1.82, 2.24) is 4.31 Å². The largest absolute Gasteiger partial charge is 0.475 e. The molecule has 1 unspecified atom stereocenters. The Hall–Kier alpha value is -2.12. The van der Waals surface area contributed by atoms with Crippen LogP contribution in [0.15, 0.2) is 45.7 Å². The number of hydrogen-bond acceptors (Lipinski definition) is 4. The normalized spacial score (nSPS) is 19.1. The van der Waals surface area contributed by atoms with Crippen LogP contribution in [0.3, 0.4) is 0 Å². The monoisotopic (exact) mass is 335 g/mol. The fourth-order valence-corrected chi connectivity index (χ4v) is 4.57. The van der Waals surface area contributed by atoms with Crippen LogP contribution in [0.4, 0.5) is 0 Å². The first-order valence-electron chi connectivity index (χ1n) is 7.28. The lowest BCUT2D eigenvalue weighted by Gasteiger charge is -2.16. The molecule has 2 heterocycles. The second-order valence-corrected chi connectivity index (χ2v) is 7.50. The maximum Gasteiger partial charge on any atom is 0.371 e. The van der Waals surface area contributed by atoms with Gasteiger partial charge < -0.3 is 9.52 Å². The lowest BCUT2D eigenvalue weighted by Crippen LogP contribution is -2.28. The van der Waals surface area contributed by atoms with Gasteiger partial charge in [-0.1, -0.05) is 30.3 Å². The third kappa shape index (κ3) is 2.89. The predicted molar refractivity (Wildman–Crippen MR) is 83.0 cm³/mol. The number of carboxylic acid groups (broad SMARTS) is 1. The molecule has 1 fully saturated rings. The molecule has 1 aliphatic heterocycles. The van der Waals surface area contributed by atoms with Gasteiger partial charge in [-0.3, -0.25) is 0 Å². The number of nitrogens with zero attached hydrogens (tertiary/aromatic N) is 1. The van der Waals surface area contributed by atoms with Crippen molar-refractivity contribution < 1.29 is 22.7 Å². The number of sulfonamides is 1. The molecule has 1 aromatic heterocycles.